The highest BCUT2D eigenvalue weighted by Gasteiger charge is 2.50. The van der Waals surface area contributed by atoms with E-state index in [0.29, 0.717) is 29.9 Å². The summed E-state index contributed by atoms with van der Waals surface area (Å²) in [7, 11) is 0. The summed E-state index contributed by atoms with van der Waals surface area (Å²) in [6.07, 6.45) is 13.4. The highest BCUT2D eigenvalue weighted by atomic mass is 16.5. The molecule has 3 nitrogen and oxygen atoms in total. The molecule has 3 fully saturated rings. The molecule has 0 heterocycles. The predicted octanol–water partition coefficient (Wildman–Crippen LogP) is 6.60. The highest BCUT2D eigenvalue weighted by molar-refractivity contribution is 5.40. The second kappa shape index (κ2) is 11.0. The van der Waals surface area contributed by atoms with Gasteiger partial charge in [0, 0.05) is 13.0 Å². The quantitative estimate of drug-likeness (QED) is 0.443. The summed E-state index contributed by atoms with van der Waals surface area (Å²) in [6.45, 7) is 16.2. The van der Waals surface area contributed by atoms with E-state index >= 15 is 0 Å². The van der Waals surface area contributed by atoms with Crippen LogP contribution in [0.15, 0.2) is 35.5 Å². The first-order valence-electron chi connectivity index (χ1n) is 13.3. The number of aliphatic hydroxyl groups is 2. The molecule has 2 N–H and O–H groups in total. The van der Waals surface area contributed by atoms with Gasteiger partial charge in [0.2, 0.25) is 0 Å². The zero-order chi connectivity index (χ0) is 23.5. The normalized spacial score (nSPS) is 39.1. The van der Waals surface area contributed by atoms with Crippen LogP contribution in [0.1, 0.15) is 92.4 Å². The molecule has 32 heavy (non-hydrogen) atoms. The molecule has 0 bridgehead atoms. The van der Waals surface area contributed by atoms with Crippen molar-refractivity contribution in [2.75, 3.05) is 6.61 Å². The van der Waals surface area contributed by atoms with Gasteiger partial charge < -0.3 is 14.9 Å². The lowest BCUT2D eigenvalue weighted by atomic mass is 9.60. The summed E-state index contributed by atoms with van der Waals surface area (Å²) in [5.41, 5.74) is 3.67. The van der Waals surface area contributed by atoms with Crippen LogP contribution in [0.3, 0.4) is 0 Å². The van der Waals surface area contributed by atoms with Gasteiger partial charge in [0.1, 0.15) is 12.2 Å². The van der Waals surface area contributed by atoms with Gasteiger partial charge in [-0.25, -0.2) is 0 Å². The summed E-state index contributed by atoms with van der Waals surface area (Å²) in [5, 5.41) is 21.1. The third kappa shape index (κ3) is 5.42. The summed E-state index contributed by atoms with van der Waals surface area (Å²) >= 11 is 0. The van der Waals surface area contributed by atoms with Crippen LogP contribution in [-0.2, 0) is 4.74 Å². The Morgan fingerprint density at radius 1 is 1.16 bits per heavy atom. The number of allylic oxidation sites excluding steroid dienone is 3. The van der Waals surface area contributed by atoms with Crippen molar-refractivity contribution in [2.45, 2.75) is 111 Å². The molecule has 0 aliphatic heterocycles. The van der Waals surface area contributed by atoms with E-state index in [1.807, 2.05) is 6.92 Å². The maximum absolute atomic E-state index is 10.6. The molecule has 0 amide bonds. The van der Waals surface area contributed by atoms with Crippen LogP contribution in [-0.4, -0.2) is 35.1 Å². The Morgan fingerprint density at radius 2 is 1.91 bits per heavy atom. The van der Waals surface area contributed by atoms with Crippen molar-refractivity contribution in [1.82, 2.24) is 0 Å². The van der Waals surface area contributed by atoms with Crippen LogP contribution < -0.4 is 0 Å². The van der Waals surface area contributed by atoms with E-state index in [1.165, 1.54) is 51.4 Å². The minimum Gasteiger partial charge on any atom is -0.390 e. The fourth-order valence-corrected chi connectivity index (χ4v) is 7.11. The molecule has 3 saturated carbocycles. The summed E-state index contributed by atoms with van der Waals surface area (Å²) in [4.78, 5) is 0. The van der Waals surface area contributed by atoms with Gasteiger partial charge in [-0.15, -0.1) is 0 Å². The molecule has 3 aliphatic carbocycles. The Bertz CT molecular complexity index is 705. The fraction of sp³-hybridized carbons (Fsp3) is 0.793. The van der Waals surface area contributed by atoms with Gasteiger partial charge in [0.05, 0.1) is 6.10 Å². The predicted molar refractivity (Wildman–Crippen MR) is 133 cm³/mol. The molecular formula is C29H48O3. The van der Waals surface area contributed by atoms with Crippen LogP contribution in [0.2, 0.25) is 0 Å². The van der Waals surface area contributed by atoms with Gasteiger partial charge in [-0.2, -0.15) is 0 Å². The molecule has 3 heteroatoms. The number of aliphatic hydroxyl groups excluding tert-OH is 2. The molecule has 3 rings (SSSR count). The van der Waals surface area contributed by atoms with Crippen molar-refractivity contribution in [3.8, 4) is 0 Å². The second-order valence-electron chi connectivity index (χ2n) is 11.5. The standard InChI is InChI=1S/C29H48O3/c1-7-32-28-26(30)18-23(21(5)27(28)31)14-13-22-12-9-17-29(6)24(15-16-25(22)29)20(4)11-8-10-19(2)3/h13-14,19-20,24-28,30-31H,5,7-12,15-18H2,1-4,6H3/b22-13?,23-14-/t20-,24-,25?,26-,27+,28+,29-/m1/s1. The van der Waals surface area contributed by atoms with Crippen molar-refractivity contribution in [3.63, 3.8) is 0 Å². The first-order chi connectivity index (χ1) is 15.2. The Hall–Kier alpha value is -0.900. The maximum atomic E-state index is 10.6. The second-order valence-corrected chi connectivity index (χ2v) is 11.5. The molecule has 0 aromatic rings. The van der Waals surface area contributed by atoms with Crippen molar-refractivity contribution < 1.29 is 14.9 Å². The largest absolute Gasteiger partial charge is 0.390 e. The van der Waals surface area contributed by atoms with Crippen molar-refractivity contribution in [3.05, 3.63) is 35.5 Å². The van der Waals surface area contributed by atoms with Crippen LogP contribution in [0.25, 0.3) is 0 Å². The topological polar surface area (TPSA) is 49.7 Å². The Kier molecular flexibility index (Phi) is 8.85. The Labute approximate surface area is 197 Å². The van der Waals surface area contributed by atoms with Crippen LogP contribution in [0, 0.1) is 29.1 Å². The first-order valence-corrected chi connectivity index (χ1v) is 13.3. The van der Waals surface area contributed by atoms with Gasteiger partial charge in [-0.05, 0) is 79.3 Å². The number of hydrogen-bond acceptors (Lipinski definition) is 3. The third-order valence-corrected chi connectivity index (χ3v) is 8.91. The van der Waals surface area contributed by atoms with Gasteiger partial charge in [0.25, 0.3) is 0 Å². The van der Waals surface area contributed by atoms with Gasteiger partial charge in [-0.3, -0.25) is 0 Å². The average Bonchev–Trinajstić information content (AvgIpc) is 3.10. The van der Waals surface area contributed by atoms with E-state index < -0.39 is 18.3 Å². The van der Waals surface area contributed by atoms with E-state index in [4.69, 9.17) is 4.74 Å². The SMILES string of the molecule is C=C1/C(=C\C=C2CCC[C@@]3(C)C2CC[C@@H]3[C@H](C)CCCC(C)C)C[C@@H](O)[C@H](OCC)[C@H]1O. The number of fused-ring (bicyclic) bond motifs is 1. The lowest BCUT2D eigenvalue weighted by molar-refractivity contribution is -0.0914. The summed E-state index contributed by atoms with van der Waals surface area (Å²) in [5.74, 6) is 3.12. The molecule has 0 spiro atoms. The molecule has 0 aromatic heterocycles. The van der Waals surface area contributed by atoms with Gasteiger partial charge in [-0.1, -0.05) is 71.3 Å². The lowest BCUT2D eigenvalue weighted by Crippen LogP contribution is -2.45. The number of hydrogen-bond donors (Lipinski definition) is 2. The monoisotopic (exact) mass is 444 g/mol. The van der Waals surface area contributed by atoms with Crippen molar-refractivity contribution in [2.24, 2.45) is 29.1 Å². The number of rotatable bonds is 8. The summed E-state index contributed by atoms with van der Waals surface area (Å²) < 4.78 is 5.56. The highest BCUT2D eigenvalue weighted by Crippen LogP contribution is 2.60. The summed E-state index contributed by atoms with van der Waals surface area (Å²) in [6, 6.07) is 0. The Morgan fingerprint density at radius 3 is 2.59 bits per heavy atom. The maximum Gasteiger partial charge on any atom is 0.114 e. The number of ether oxygens (including phenoxy) is 1. The third-order valence-electron chi connectivity index (χ3n) is 8.91. The molecule has 0 radical (unpaired) electrons. The van der Waals surface area contributed by atoms with E-state index in [1.54, 1.807) is 5.57 Å². The van der Waals surface area contributed by atoms with E-state index in [2.05, 4.69) is 46.4 Å². The molecule has 182 valence electrons. The minimum absolute atomic E-state index is 0.419. The first kappa shape index (κ1) is 25.7. The van der Waals surface area contributed by atoms with Crippen LogP contribution in [0.4, 0.5) is 0 Å². The van der Waals surface area contributed by atoms with Crippen LogP contribution in [0.5, 0.6) is 0 Å². The smallest absolute Gasteiger partial charge is 0.114 e. The Balaban J connectivity index is 1.71. The molecule has 1 unspecified atom stereocenters. The lowest BCUT2D eigenvalue weighted by Gasteiger charge is -2.44. The van der Waals surface area contributed by atoms with Gasteiger partial charge >= 0.3 is 0 Å². The van der Waals surface area contributed by atoms with Gasteiger partial charge in [0.15, 0.2) is 0 Å². The zero-order valence-corrected chi connectivity index (χ0v) is 21.3. The van der Waals surface area contributed by atoms with E-state index in [9.17, 15) is 10.2 Å². The molecule has 7 atom stereocenters. The van der Waals surface area contributed by atoms with Crippen molar-refractivity contribution >= 4 is 0 Å². The fourth-order valence-electron chi connectivity index (χ4n) is 7.11. The van der Waals surface area contributed by atoms with E-state index in [-0.39, 0.29) is 0 Å². The molecular weight excluding hydrogens is 396 g/mol. The molecule has 3 aliphatic rings. The molecule has 0 aromatic carbocycles. The average molecular weight is 445 g/mol. The molecule has 0 saturated heterocycles. The van der Waals surface area contributed by atoms with Crippen LogP contribution >= 0.6 is 0 Å². The van der Waals surface area contributed by atoms with Crippen molar-refractivity contribution in [1.29, 1.82) is 0 Å². The minimum atomic E-state index is -0.831. The van der Waals surface area contributed by atoms with E-state index in [0.717, 1.165) is 23.3 Å². The zero-order valence-electron chi connectivity index (χ0n) is 21.3.